The number of benzene rings is 1. The molecule has 3 nitrogen and oxygen atoms in total. The molecule has 0 aliphatic rings. The summed E-state index contributed by atoms with van der Waals surface area (Å²) in [6, 6.07) is 8.99. The van der Waals surface area contributed by atoms with Gasteiger partial charge in [0.2, 0.25) is 0 Å². The molecule has 3 heteroatoms. The Morgan fingerprint density at radius 3 is 2.71 bits per heavy atom. The largest absolute Gasteiger partial charge is 0.383 e. The second-order valence-corrected chi connectivity index (χ2v) is 4.29. The molecule has 1 N–H and O–H groups in total. The van der Waals surface area contributed by atoms with Gasteiger partial charge in [0.25, 0.3) is 0 Å². The van der Waals surface area contributed by atoms with Gasteiger partial charge in [-0.2, -0.15) is 0 Å². The minimum Gasteiger partial charge on any atom is -0.383 e. The van der Waals surface area contributed by atoms with Crippen LogP contribution in [-0.2, 0) is 4.74 Å². The Hall–Kier alpha value is -1.06. The number of aryl methyl sites for hydroxylation is 1. The average molecular weight is 236 g/mol. The number of methoxy groups -OCH3 is 1. The van der Waals surface area contributed by atoms with Gasteiger partial charge in [-0.25, -0.2) is 0 Å². The molecule has 0 aliphatic heterocycles. The van der Waals surface area contributed by atoms with Crippen LogP contribution in [0.25, 0.3) is 0 Å². The van der Waals surface area contributed by atoms with Crippen molar-refractivity contribution in [2.45, 2.75) is 19.9 Å². The highest BCUT2D eigenvalue weighted by atomic mass is 16.5. The van der Waals surface area contributed by atoms with E-state index in [2.05, 4.69) is 48.3 Å². The minimum absolute atomic E-state index is 0.372. The first-order valence-electron chi connectivity index (χ1n) is 6.19. The van der Waals surface area contributed by atoms with Crippen LogP contribution >= 0.6 is 0 Å². The van der Waals surface area contributed by atoms with Gasteiger partial charge in [0.15, 0.2) is 0 Å². The van der Waals surface area contributed by atoms with Crippen LogP contribution in [0.15, 0.2) is 24.3 Å². The lowest BCUT2D eigenvalue weighted by atomic mass is 10.1. The highest BCUT2D eigenvalue weighted by Gasteiger charge is 2.16. The topological polar surface area (TPSA) is 24.5 Å². The fourth-order valence-electron chi connectivity index (χ4n) is 2.15. The minimum atomic E-state index is 0.372. The third kappa shape index (κ3) is 4.02. The predicted molar refractivity (Wildman–Crippen MR) is 73.8 cm³/mol. The second-order valence-electron chi connectivity index (χ2n) is 4.29. The standard InChI is InChI=1S/C14H24N2O/c1-5-16(14(10-15-3)11-17-4)13-8-6-7-12(2)9-13/h6-9,14-15H,5,10-11H2,1-4H3. The Bertz CT molecular complexity index is 322. The number of anilines is 1. The van der Waals surface area contributed by atoms with Gasteiger partial charge < -0.3 is 15.0 Å². The molecule has 0 aromatic heterocycles. The third-order valence-electron chi connectivity index (χ3n) is 2.91. The average Bonchev–Trinajstić information content (AvgIpc) is 2.31. The summed E-state index contributed by atoms with van der Waals surface area (Å²) in [5.74, 6) is 0. The van der Waals surface area contributed by atoms with Crippen molar-refractivity contribution in [1.29, 1.82) is 0 Å². The van der Waals surface area contributed by atoms with E-state index in [0.717, 1.165) is 19.7 Å². The van der Waals surface area contributed by atoms with Crippen molar-refractivity contribution >= 4 is 5.69 Å². The van der Waals surface area contributed by atoms with Crippen molar-refractivity contribution in [1.82, 2.24) is 5.32 Å². The maximum atomic E-state index is 5.31. The molecule has 0 aliphatic carbocycles. The molecular formula is C14H24N2O. The van der Waals surface area contributed by atoms with E-state index in [4.69, 9.17) is 4.74 Å². The molecule has 0 spiro atoms. The monoisotopic (exact) mass is 236 g/mol. The second kappa shape index (κ2) is 7.30. The van der Waals surface area contributed by atoms with Crippen molar-refractivity contribution in [3.8, 4) is 0 Å². The van der Waals surface area contributed by atoms with Crippen LogP contribution < -0.4 is 10.2 Å². The quantitative estimate of drug-likeness (QED) is 0.784. The SMILES string of the molecule is CCN(c1cccc(C)c1)C(CNC)COC. The van der Waals surface area contributed by atoms with Crippen molar-refractivity contribution in [3.63, 3.8) is 0 Å². The highest BCUT2D eigenvalue weighted by molar-refractivity contribution is 5.49. The van der Waals surface area contributed by atoms with E-state index in [9.17, 15) is 0 Å². The Morgan fingerprint density at radius 1 is 1.41 bits per heavy atom. The zero-order chi connectivity index (χ0) is 12.7. The number of hydrogen-bond donors (Lipinski definition) is 1. The van der Waals surface area contributed by atoms with E-state index < -0.39 is 0 Å². The van der Waals surface area contributed by atoms with Crippen LogP contribution in [0.2, 0.25) is 0 Å². The van der Waals surface area contributed by atoms with Crippen molar-refractivity contribution < 1.29 is 4.74 Å². The summed E-state index contributed by atoms with van der Waals surface area (Å²) < 4.78 is 5.31. The summed E-state index contributed by atoms with van der Waals surface area (Å²) in [5.41, 5.74) is 2.56. The van der Waals surface area contributed by atoms with Crippen LogP contribution in [0, 0.1) is 6.92 Å². The molecule has 96 valence electrons. The van der Waals surface area contributed by atoms with Crippen molar-refractivity contribution in [2.75, 3.05) is 38.8 Å². The van der Waals surface area contributed by atoms with Crippen molar-refractivity contribution in [2.24, 2.45) is 0 Å². The van der Waals surface area contributed by atoms with Crippen LogP contribution in [0.3, 0.4) is 0 Å². The normalized spacial score (nSPS) is 12.5. The maximum Gasteiger partial charge on any atom is 0.0678 e. The molecule has 1 atom stereocenters. The van der Waals surface area contributed by atoms with Crippen LogP contribution in [0.5, 0.6) is 0 Å². The van der Waals surface area contributed by atoms with Gasteiger partial charge in [-0.05, 0) is 38.6 Å². The van der Waals surface area contributed by atoms with Gasteiger partial charge in [0.05, 0.1) is 12.6 Å². The van der Waals surface area contributed by atoms with E-state index in [1.54, 1.807) is 7.11 Å². The van der Waals surface area contributed by atoms with E-state index in [1.165, 1.54) is 11.3 Å². The molecule has 0 bridgehead atoms. The molecule has 0 saturated heterocycles. The first kappa shape index (κ1) is 14.0. The lowest BCUT2D eigenvalue weighted by molar-refractivity contribution is 0.176. The molecule has 1 aromatic carbocycles. The van der Waals surface area contributed by atoms with Crippen molar-refractivity contribution in [3.05, 3.63) is 29.8 Å². The molecule has 1 aromatic rings. The molecule has 17 heavy (non-hydrogen) atoms. The molecule has 0 fully saturated rings. The van der Waals surface area contributed by atoms with Crippen LogP contribution in [0.4, 0.5) is 5.69 Å². The number of likely N-dealkylation sites (N-methyl/N-ethyl adjacent to an activating group) is 2. The van der Waals surface area contributed by atoms with Crippen LogP contribution in [0.1, 0.15) is 12.5 Å². The summed E-state index contributed by atoms with van der Waals surface area (Å²) >= 11 is 0. The van der Waals surface area contributed by atoms with E-state index in [-0.39, 0.29) is 0 Å². The maximum absolute atomic E-state index is 5.31. The Morgan fingerprint density at radius 2 is 2.18 bits per heavy atom. The highest BCUT2D eigenvalue weighted by Crippen LogP contribution is 2.18. The fraction of sp³-hybridized carbons (Fsp3) is 0.571. The van der Waals surface area contributed by atoms with Gasteiger partial charge in [0.1, 0.15) is 0 Å². The molecule has 0 heterocycles. The van der Waals surface area contributed by atoms with E-state index in [0.29, 0.717) is 6.04 Å². The number of rotatable bonds is 7. The molecule has 0 saturated carbocycles. The molecule has 1 rings (SSSR count). The number of ether oxygens (including phenoxy) is 1. The predicted octanol–water partition coefficient (Wildman–Crippen LogP) is 2.06. The zero-order valence-electron chi connectivity index (χ0n) is 11.4. The molecule has 1 unspecified atom stereocenters. The number of nitrogens with one attached hydrogen (secondary N) is 1. The first-order valence-corrected chi connectivity index (χ1v) is 6.19. The Labute approximate surface area is 105 Å². The Balaban J connectivity index is 2.87. The summed E-state index contributed by atoms with van der Waals surface area (Å²) in [4.78, 5) is 2.38. The van der Waals surface area contributed by atoms with Gasteiger partial charge in [-0.15, -0.1) is 0 Å². The number of nitrogens with zero attached hydrogens (tertiary/aromatic N) is 1. The summed E-state index contributed by atoms with van der Waals surface area (Å²) in [5, 5.41) is 3.23. The number of hydrogen-bond acceptors (Lipinski definition) is 3. The molecule has 0 amide bonds. The summed E-state index contributed by atoms with van der Waals surface area (Å²) in [6.07, 6.45) is 0. The van der Waals surface area contributed by atoms with Gasteiger partial charge in [0, 0.05) is 25.9 Å². The van der Waals surface area contributed by atoms with E-state index >= 15 is 0 Å². The smallest absolute Gasteiger partial charge is 0.0678 e. The fourth-order valence-corrected chi connectivity index (χ4v) is 2.15. The van der Waals surface area contributed by atoms with E-state index in [1.807, 2.05) is 7.05 Å². The zero-order valence-corrected chi connectivity index (χ0v) is 11.4. The Kier molecular flexibility index (Phi) is 6.01. The summed E-state index contributed by atoms with van der Waals surface area (Å²) in [7, 11) is 3.74. The van der Waals surface area contributed by atoms with Crippen LogP contribution in [-0.4, -0.2) is 39.9 Å². The summed E-state index contributed by atoms with van der Waals surface area (Å²) in [6.45, 7) is 6.96. The molecular weight excluding hydrogens is 212 g/mol. The van der Waals surface area contributed by atoms with Gasteiger partial charge in [-0.3, -0.25) is 0 Å². The molecule has 0 radical (unpaired) electrons. The lowest BCUT2D eigenvalue weighted by Gasteiger charge is -2.32. The van der Waals surface area contributed by atoms with Gasteiger partial charge >= 0.3 is 0 Å². The first-order chi connectivity index (χ1) is 8.22. The lowest BCUT2D eigenvalue weighted by Crippen LogP contribution is -2.44. The third-order valence-corrected chi connectivity index (χ3v) is 2.91. The van der Waals surface area contributed by atoms with Gasteiger partial charge in [-0.1, -0.05) is 12.1 Å².